The van der Waals surface area contributed by atoms with Gasteiger partial charge < -0.3 is 5.32 Å². The Kier molecular flexibility index (Phi) is 4.19. The normalized spacial score (nSPS) is 33.4. The molecule has 0 aliphatic heterocycles. The second-order valence-corrected chi connectivity index (χ2v) is 8.19. The number of fused-ring (bicyclic) bond motifs is 1. The first-order chi connectivity index (χ1) is 9.63. The van der Waals surface area contributed by atoms with E-state index in [4.69, 9.17) is 4.98 Å². The number of aromatic nitrogens is 1. The van der Waals surface area contributed by atoms with Crippen molar-refractivity contribution >= 4 is 11.3 Å². The second-order valence-electron chi connectivity index (χ2n) is 7.11. The van der Waals surface area contributed by atoms with Crippen LogP contribution in [0.4, 0.5) is 0 Å². The number of nitrogens with one attached hydrogen (secondary N) is 1. The average molecular weight is 292 g/mol. The molecule has 1 N–H and O–H groups in total. The summed E-state index contributed by atoms with van der Waals surface area (Å²) in [5.74, 6) is 1.61. The molecule has 1 heterocycles. The lowest BCUT2D eigenvalue weighted by atomic mass is 9.72. The van der Waals surface area contributed by atoms with Crippen LogP contribution in [0.1, 0.15) is 68.5 Å². The summed E-state index contributed by atoms with van der Waals surface area (Å²) in [7, 11) is 0. The first kappa shape index (κ1) is 14.5. The van der Waals surface area contributed by atoms with Crippen LogP contribution in [0.3, 0.4) is 0 Å². The summed E-state index contributed by atoms with van der Waals surface area (Å²) in [5.41, 5.74) is 1.58. The van der Waals surface area contributed by atoms with Crippen LogP contribution in [0.15, 0.2) is 0 Å². The maximum Gasteiger partial charge on any atom is 0.113 e. The highest BCUT2D eigenvalue weighted by molar-refractivity contribution is 7.12. The minimum absolute atomic E-state index is 0.169. The van der Waals surface area contributed by atoms with Crippen LogP contribution in [0, 0.1) is 11.8 Å². The van der Waals surface area contributed by atoms with Crippen LogP contribution >= 0.6 is 11.3 Å². The van der Waals surface area contributed by atoms with E-state index in [1.165, 1.54) is 55.6 Å². The number of thiazole rings is 1. The van der Waals surface area contributed by atoms with Crippen molar-refractivity contribution in [2.24, 2.45) is 11.8 Å². The number of aryl methyl sites for hydroxylation is 2. The molecule has 2 unspecified atom stereocenters. The molecule has 2 nitrogen and oxygen atoms in total. The molecule has 1 aromatic rings. The molecule has 0 saturated heterocycles. The summed E-state index contributed by atoms with van der Waals surface area (Å²) in [4.78, 5) is 6.64. The molecule has 0 bridgehead atoms. The number of hydrogen-bond acceptors (Lipinski definition) is 3. The van der Waals surface area contributed by atoms with E-state index in [1.54, 1.807) is 4.88 Å². The van der Waals surface area contributed by atoms with Crippen molar-refractivity contribution < 1.29 is 0 Å². The molecule has 2 aliphatic rings. The molecule has 0 spiro atoms. The smallest absolute Gasteiger partial charge is 0.113 e. The Labute approximate surface area is 127 Å². The molecule has 3 heteroatoms. The largest absolute Gasteiger partial charge is 0.305 e. The van der Waals surface area contributed by atoms with Crippen LogP contribution in [-0.4, -0.2) is 11.5 Å². The van der Waals surface area contributed by atoms with Crippen molar-refractivity contribution in [1.82, 2.24) is 10.3 Å². The van der Waals surface area contributed by atoms with Gasteiger partial charge in [-0.2, -0.15) is 0 Å². The molecule has 1 fully saturated rings. The topological polar surface area (TPSA) is 24.9 Å². The van der Waals surface area contributed by atoms with Gasteiger partial charge in [-0.1, -0.05) is 20.8 Å². The van der Waals surface area contributed by atoms with Crippen molar-refractivity contribution in [1.29, 1.82) is 0 Å². The predicted octanol–water partition coefficient (Wildman–Crippen LogP) is 4.28. The van der Waals surface area contributed by atoms with Gasteiger partial charge in [0.15, 0.2) is 0 Å². The fraction of sp³-hybridized carbons (Fsp3) is 0.824. The molecular formula is C17H28N2S. The van der Waals surface area contributed by atoms with Crippen molar-refractivity contribution in [2.75, 3.05) is 6.54 Å². The minimum atomic E-state index is 0.169. The Balaban J connectivity index is 1.91. The maximum atomic E-state index is 5.06. The Morgan fingerprint density at radius 1 is 1.25 bits per heavy atom. The molecule has 3 rings (SSSR count). The van der Waals surface area contributed by atoms with Gasteiger partial charge in [-0.3, -0.25) is 0 Å². The SMILES string of the molecule is CCCNC1(c2nc3c(s2)CCC3)CC(C)CC(C)C1. The number of hydrogen-bond donors (Lipinski definition) is 1. The number of rotatable bonds is 4. The highest BCUT2D eigenvalue weighted by Gasteiger charge is 2.41. The molecule has 2 atom stereocenters. The van der Waals surface area contributed by atoms with Crippen LogP contribution in [0.5, 0.6) is 0 Å². The molecule has 0 amide bonds. The van der Waals surface area contributed by atoms with E-state index in [0.717, 1.165) is 18.4 Å². The zero-order valence-electron chi connectivity index (χ0n) is 13.2. The van der Waals surface area contributed by atoms with E-state index in [-0.39, 0.29) is 5.54 Å². The molecule has 0 aromatic carbocycles. The van der Waals surface area contributed by atoms with Gasteiger partial charge >= 0.3 is 0 Å². The van der Waals surface area contributed by atoms with Gasteiger partial charge in [-0.15, -0.1) is 11.3 Å². The fourth-order valence-corrected chi connectivity index (χ4v) is 5.62. The van der Waals surface area contributed by atoms with Gasteiger partial charge in [0.05, 0.1) is 11.2 Å². The van der Waals surface area contributed by atoms with Crippen molar-refractivity contribution in [2.45, 2.75) is 71.3 Å². The summed E-state index contributed by atoms with van der Waals surface area (Å²) in [6, 6.07) is 0. The molecule has 20 heavy (non-hydrogen) atoms. The summed E-state index contributed by atoms with van der Waals surface area (Å²) in [5, 5.41) is 5.30. The van der Waals surface area contributed by atoms with Crippen LogP contribution in [0.2, 0.25) is 0 Å². The standard InChI is InChI=1S/C17H28N2S/c1-4-8-18-17(10-12(2)9-13(3)11-17)16-19-14-6-5-7-15(14)20-16/h12-13,18H,4-11H2,1-3H3. The Morgan fingerprint density at radius 3 is 2.65 bits per heavy atom. The highest BCUT2D eigenvalue weighted by Crippen LogP contribution is 2.45. The molecule has 112 valence electrons. The second kappa shape index (κ2) is 5.76. The summed E-state index contributed by atoms with van der Waals surface area (Å²) < 4.78 is 0. The minimum Gasteiger partial charge on any atom is -0.305 e. The lowest BCUT2D eigenvalue weighted by Gasteiger charge is -2.42. The average Bonchev–Trinajstić information content (AvgIpc) is 2.96. The van der Waals surface area contributed by atoms with Gasteiger partial charge in [0, 0.05) is 4.88 Å². The summed E-state index contributed by atoms with van der Waals surface area (Å²) in [6.45, 7) is 8.21. The van der Waals surface area contributed by atoms with E-state index in [0.29, 0.717) is 0 Å². The third-order valence-electron chi connectivity index (χ3n) is 4.92. The predicted molar refractivity (Wildman–Crippen MR) is 86.3 cm³/mol. The van der Waals surface area contributed by atoms with E-state index in [1.807, 2.05) is 11.3 Å². The fourth-order valence-electron chi connectivity index (χ4n) is 4.28. The summed E-state index contributed by atoms with van der Waals surface area (Å²) >= 11 is 2.01. The highest BCUT2D eigenvalue weighted by atomic mass is 32.1. The van der Waals surface area contributed by atoms with Crippen LogP contribution in [-0.2, 0) is 18.4 Å². The van der Waals surface area contributed by atoms with E-state index in [2.05, 4.69) is 26.1 Å². The molecule has 1 saturated carbocycles. The van der Waals surface area contributed by atoms with Gasteiger partial charge in [-0.25, -0.2) is 4.98 Å². The van der Waals surface area contributed by atoms with Gasteiger partial charge in [0.25, 0.3) is 0 Å². The van der Waals surface area contributed by atoms with Gasteiger partial charge in [0.1, 0.15) is 5.01 Å². The van der Waals surface area contributed by atoms with Gasteiger partial charge in [0.2, 0.25) is 0 Å². The van der Waals surface area contributed by atoms with Crippen molar-refractivity contribution in [3.63, 3.8) is 0 Å². The Morgan fingerprint density at radius 2 is 2.00 bits per heavy atom. The van der Waals surface area contributed by atoms with Crippen LogP contribution < -0.4 is 5.32 Å². The monoisotopic (exact) mass is 292 g/mol. The van der Waals surface area contributed by atoms with Gasteiger partial charge in [-0.05, 0) is 63.3 Å². The number of nitrogens with zero attached hydrogens (tertiary/aromatic N) is 1. The van der Waals surface area contributed by atoms with Crippen molar-refractivity contribution in [3.8, 4) is 0 Å². The lowest BCUT2D eigenvalue weighted by molar-refractivity contribution is 0.143. The Hall–Kier alpha value is -0.410. The molecule has 2 aliphatic carbocycles. The molecular weight excluding hydrogens is 264 g/mol. The first-order valence-electron chi connectivity index (χ1n) is 8.37. The zero-order chi connectivity index (χ0) is 14.2. The lowest BCUT2D eigenvalue weighted by Crippen LogP contribution is -2.48. The molecule has 1 aromatic heterocycles. The van der Waals surface area contributed by atoms with Crippen molar-refractivity contribution in [3.05, 3.63) is 15.6 Å². The first-order valence-corrected chi connectivity index (χ1v) is 9.18. The van der Waals surface area contributed by atoms with E-state index in [9.17, 15) is 0 Å². The summed E-state index contributed by atoms with van der Waals surface area (Å²) in [6.07, 6.45) is 8.91. The van der Waals surface area contributed by atoms with Crippen LogP contribution in [0.25, 0.3) is 0 Å². The van der Waals surface area contributed by atoms with E-state index >= 15 is 0 Å². The van der Waals surface area contributed by atoms with E-state index < -0.39 is 0 Å². The Bertz CT molecular complexity index is 434. The maximum absolute atomic E-state index is 5.06. The molecule has 0 radical (unpaired) electrons. The quantitative estimate of drug-likeness (QED) is 0.896. The third-order valence-corrected chi connectivity index (χ3v) is 6.28. The third kappa shape index (κ3) is 2.67. The zero-order valence-corrected chi connectivity index (χ0v) is 14.0.